The van der Waals surface area contributed by atoms with E-state index in [-0.39, 0.29) is 6.04 Å². The van der Waals surface area contributed by atoms with Gasteiger partial charge in [0.1, 0.15) is 0 Å². The fraction of sp³-hybridized carbons (Fsp3) is 0.143. The van der Waals surface area contributed by atoms with Gasteiger partial charge in [0.2, 0.25) is 0 Å². The Morgan fingerprint density at radius 1 is 1.00 bits per heavy atom. The molecule has 1 unspecified atom stereocenters. The first-order valence-corrected chi connectivity index (χ1v) is 6.86. The monoisotopic (exact) mass is 357 g/mol. The molecule has 1 N–H and O–H groups in total. The summed E-state index contributed by atoms with van der Waals surface area (Å²) in [5.41, 5.74) is 2.37. The minimum absolute atomic E-state index is 0.136. The van der Waals surface area contributed by atoms with Gasteiger partial charge in [-0.3, -0.25) is 0 Å². The molecule has 17 heavy (non-hydrogen) atoms. The van der Waals surface area contributed by atoms with Crippen molar-refractivity contribution in [3.05, 3.63) is 68.3 Å². The topological polar surface area (TPSA) is 12.0 Å². The molecule has 0 aliphatic heterocycles. The average Bonchev–Trinajstić information content (AvgIpc) is 2.34. The fourth-order valence-electron chi connectivity index (χ4n) is 1.90. The molecule has 2 aromatic carbocycles. The zero-order valence-corrected chi connectivity index (χ0v) is 12.4. The highest BCUT2D eigenvalue weighted by Gasteiger charge is 2.16. The molecule has 0 heterocycles. The number of rotatable bonds is 3. The van der Waals surface area contributed by atoms with E-state index in [2.05, 4.69) is 52.2 Å². The van der Waals surface area contributed by atoms with Crippen LogP contribution in [-0.4, -0.2) is 7.05 Å². The van der Waals surface area contributed by atoms with Crippen LogP contribution in [-0.2, 0) is 0 Å². The predicted octanol–water partition coefficient (Wildman–Crippen LogP) is 4.25. The second-order valence-electron chi connectivity index (χ2n) is 3.76. The van der Waals surface area contributed by atoms with Gasteiger partial charge in [0, 0.05) is 8.59 Å². The van der Waals surface area contributed by atoms with Crippen molar-refractivity contribution in [2.45, 2.75) is 6.04 Å². The van der Waals surface area contributed by atoms with Crippen molar-refractivity contribution in [3.8, 4) is 0 Å². The van der Waals surface area contributed by atoms with E-state index in [0.29, 0.717) is 0 Å². The highest BCUT2D eigenvalue weighted by Crippen LogP contribution is 2.30. The van der Waals surface area contributed by atoms with Crippen molar-refractivity contribution < 1.29 is 0 Å². The molecule has 0 spiro atoms. The third kappa shape index (κ3) is 2.81. The lowest BCUT2D eigenvalue weighted by molar-refractivity contribution is 0.689. The molecule has 88 valence electrons. The summed E-state index contributed by atoms with van der Waals surface area (Å²) in [6.45, 7) is 0. The number of benzene rings is 2. The largest absolute Gasteiger partial charge is 0.309 e. The number of halogens is 2. The zero-order valence-electron chi connectivity index (χ0n) is 9.45. The van der Waals surface area contributed by atoms with Crippen molar-refractivity contribution in [1.29, 1.82) is 0 Å². The normalized spacial score (nSPS) is 12.4. The molecule has 2 rings (SSSR count). The van der Waals surface area contributed by atoms with E-state index in [9.17, 15) is 0 Å². The Bertz CT molecular complexity index is 468. The van der Waals surface area contributed by atoms with E-state index < -0.39 is 0 Å². The third-order valence-electron chi connectivity index (χ3n) is 2.72. The Hall–Kier alpha value is -0.580. The van der Waals surface area contributed by atoms with E-state index >= 15 is 0 Å². The van der Waals surface area contributed by atoms with Crippen LogP contribution in [0.2, 0.25) is 5.02 Å². The molecule has 0 radical (unpaired) electrons. The smallest absolute Gasteiger partial charge is 0.0599 e. The van der Waals surface area contributed by atoms with Gasteiger partial charge in [-0.05, 0) is 52.9 Å². The van der Waals surface area contributed by atoms with E-state index in [0.717, 1.165) is 10.6 Å². The SMILES string of the molecule is CNC(c1ccccc1Cl)c1ccccc1I. The summed E-state index contributed by atoms with van der Waals surface area (Å²) in [5, 5.41) is 4.12. The standard InChI is InChI=1S/C14H13ClIN/c1-17-14(10-6-2-4-8-12(10)15)11-7-3-5-9-13(11)16/h2-9,14,17H,1H3. The lowest BCUT2D eigenvalue weighted by Gasteiger charge is -2.19. The molecule has 0 aromatic heterocycles. The Morgan fingerprint density at radius 3 is 2.18 bits per heavy atom. The van der Waals surface area contributed by atoms with Gasteiger partial charge in [0.25, 0.3) is 0 Å². The molecule has 0 fully saturated rings. The van der Waals surface area contributed by atoms with Gasteiger partial charge in [-0.15, -0.1) is 0 Å². The van der Waals surface area contributed by atoms with E-state index in [4.69, 9.17) is 11.6 Å². The minimum atomic E-state index is 0.136. The summed E-state index contributed by atoms with van der Waals surface area (Å²) < 4.78 is 1.24. The van der Waals surface area contributed by atoms with Crippen molar-refractivity contribution in [2.24, 2.45) is 0 Å². The number of nitrogens with one attached hydrogen (secondary N) is 1. The van der Waals surface area contributed by atoms with Crippen LogP contribution >= 0.6 is 34.2 Å². The Morgan fingerprint density at radius 2 is 1.59 bits per heavy atom. The molecule has 2 aromatic rings. The summed E-state index contributed by atoms with van der Waals surface area (Å²) in [5.74, 6) is 0. The molecule has 0 amide bonds. The first kappa shape index (κ1) is 12.9. The third-order valence-corrected chi connectivity index (χ3v) is 4.05. The molecule has 3 heteroatoms. The van der Waals surface area contributed by atoms with Crippen LogP contribution in [0.1, 0.15) is 17.2 Å². The van der Waals surface area contributed by atoms with Crippen molar-refractivity contribution in [1.82, 2.24) is 5.32 Å². The molecule has 0 saturated carbocycles. The highest BCUT2D eigenvalue weighted by atomic mass is 127. The quantitative estimate of drug-likeness (QED) is 0.810. The van der Waals surface area contributed by atoms with Crippen LogP contribution < -0.4 is 5.32 Å². The number of hydrogen-bond acceptors (Lipinski definition) is 1. The maximum atomic E-state index is 6.26. The van der Waals surface area contributed by atoms with E-state index in [1.54, 1.807) is 0 Å². The first-order chi connectivity index (χ1) is 8.24. The Kier molecular flexibility index (Phi) is 4.42. The maximum Gasteiger partial charge on any atom is 0.0599 e. The molecule has 0 aliphatic rings. The lowest BCUT2D eigenvalue weighted by Crippen LogP contribution is -2.19. The molecule has 1 nitrogen and oxygen atoms in total. The van der Waals surface area contributed by atoms with Gasteiger partial charge in [-0.1, -0.05) is 48.0 Å². The van der Waals surface area contributed by atoms with Crippen LogP contribution in [0.25, 0.3) is 0 Å². The molecular weight excluding hydrogens is 345 g/mol. The molecule has 0 aliphatic carbocycles. The van der Waals surface area contributed by atoms with Gasteiger partial charge in [0.05, 0.1) is 6.04 Å². The zero-order chi connectivity index (χ0) is 12.3. The molecule has 0 saturated heterocycles. The van der Waals surface area contributed by atoms with Crippen LogP contribution in [0.4, 0.5) is 0 Å². The summed E-state index contributed by atoms with van der Waals surface area (Å²) in [7, 11) is 1.96. The molecular formula is C14H13ClIN. The van der Waals surface area contributed by atoms with E-state index in [1.807, 2.05) is 31.3 Å². The second-order valence-corrected chi connectivity index (χ2v) is 5.33. The Balaban J connectivity index is 2.48. The summed E-state index contributed by atoms with van der Waals surface area (Å²) in [6.07, 6.45) is 0. The van der Waals surface area contributed by atoms with Crippen molar-refractivity contribution in [3.63, 3.8) is 0 Å². The van der Waals surface area contributed by atoms with Gasteiger partial charge >= 0.3 is 0 Å². The van der Waals surface area contributed by atoms with E-state index in [1.165, 1.54) is 9.13 Å². The maximum absolute atomic E-state index is 6.26. The van der Waals surface area contributed by atoms with Crippen molar-refractivity contribution >= 4 is 34.2 Å². The fourth-order valence-corrected chi connectivity index (χ4v) is 2.84. The summed E-state index contributed by atoms with van der Waals surface area (Å²) >= 11 is 8.61. The highest BCUT2D eigenvalue weighted by molar-refractivity contribution is 14.1. The summed E-state index contributed by atoms with van der Waals surface area (Å²) in [6, 6.07) is 16.4. The van der Waals surface area contributed by atoms with Crippen molar-refractivity contribution in [2.75, 3.05) is 7.05 Å². The van der Waals surface area contributed by atoms with Crippen LogP contribution in [0.5, 0.6) is 0 Å². The van der Waals surface area contributed by atoms with Gasteiger partial charge < -0.3 is 5.32 Å². The minimum Gasteiger partial charge on any atom is -0.309 e. The van der Waals surface area contributed by atoms with Crippen LogP contribution in [0.15, 0.2) is 48.5 Å². The van der Waals surface area contributed by atoms with Gasteiger partial charge in [-0.25, -0.2) is 0 Å². The first-order valence-electron chi connectivity index (χ1n) is 5.40. The van der Waals surface area contributed by atoms with Gasteiger partial charge in [0.15, 0.2) is 0 Å². The van der Waals surface area contributed by atoms with Crippen LogP contribution in [0, 0.1) is 3.57 Å². The number of hydrogen-bond donors (Lipinski definition) is 1. The Labute approximate surface area is 120 Å². The summed E-state index contributed by atoms with van der Waals surface area (Å²) in [4.78, 5) is 0. The molecule has 0 bridgehead atoms. The average molecular weight is 358 g/mol. The molecule has 1 atom stereocenters. The lowest BCUT2D eigenvalue weighted by atomic mass is 9.99. The van der Waals surface area contributed by atoms with Gasteiger partial charge in [-0.2, -0.15) is 0 Å². The second kappa shape index (κ2) is 5.85. The van der Waals surface area contributed by atoms with Crippen LogP contribution in [0.3, 0.4) is 0 Å². The predicted molar refractivity (Wildman–Crippen MR) is 81.5 cm³/mol.